The minimum absolute atomic E-state index is 0.175. The van der Waals surface area contributed by atoms with Crippen LogP contribution in [0.15, 0.2) is 65.9 Å². The molecular formula is C31H35N9O3. The molecule has 0 atom stereocenters. The topological polar surface area (TPSA) is 126 Å². The number of anilines is 4. The summed E-state index contributed by atoms with van der Waals surface area (Å²) in [4.78, 5) is 25.9. The Kier molecular flexibility index (Phi) is 7.31. The third kappa shape index (κ3) is 6.19. The van der Waals surface area contributed by atoms with Gasteiger partial charge in [-0.15, -0.1) is 10.2 Å². The number of amides is 1. The van der Waals surface area contributed by atoms with E-state index in [0.717, 1.165) is 12.2 Å². The van der Waals surface area contributed by atoms with Crippen LogP contribution < -0.4 is 20.3 Å². The van der Waals surface area contributed by atoms with Crippen LogP contribution in [0.25, 0.3) is 33.6 Å². The summed E-state index contributed by atoms with van der Waals surface area (Å²) < 4.78 is 37.1. The Hall–Kier alpha value is -5.23. The second kappa shape index (κ2) is 12.3. The fourth-order valence-corrected chi connectivity index (χ4v) is 4.60. The fourth-order valence-electron chi connectivity index (χ4n) is 4.60. The Morgan fingerprint density at radius 3 is 2.67 bits per heavy atom. The summed E-state index contributed by atoms with van der Waals surface area (Å²) in [6, 6.07) is 10.7. The van der Waals surface area contributed by atoms with Crippen molar-refractivity contribution < 1.29 is 18.1 Å². The van der Waals surface area contributed by atoms with E-state index >= 15 is 0 Å². The average Bonchev–Trinajstić information content (AvgIpc) is 3.64. The van der Waals surface area contributed by atoms with Gasteiger partial charge in [0.1, 0.15) is 5.75 Å². The highest BCUT2D eigenvalue weighted by Gasteiger charge is 2.21. The molecule has 5 rings (SSSR count). The zero-order valence-corrected chi connectivity index (χ0v) is 24.7. The van der Waals surface area contributed by atoms with Crippen molar-refractivity contribution in [2.45, 2.75) is 6.92 Å². The van der Waals surface area contributed by atoms with E-state index in [1.807, 2.05) is 44.2 Å². The van der Waals surface area contributed by atoms with Gasteiger partial charge in [0, 0.05) is 73.1 Å². The van der Waals surface area contributed by atoms with Crippen molar-refractivity contribution in [1.29, 1.82) is 0 Å². The summed E-state index contributed by atoms with van der Waals surface area (Å²) in [5.41, 5.74) is 3.57. The van der Waals surface area contributed by atoms with Gasteiger partial charge in [0.2, 0.25) is 17.7 Å². The number of nitrogens with one attached hydrogen (secondary N) is 2. The summed E-state index contributed by atoms with van der Waals surface area (Å²) in [7, 11) is 7.45. The van der Waals surface area contributed by atoms with Gasteiger partial charge in [-0.3, -0.25) is 4.79 Å². The number of hydrogen-bond acceptors (Lipinski definition) is 10. The van der Waals surface area contributed by atoms with Crippen LogP contribution in [0.1, 0.15) is 10.0 Å². The zero-order valence-electron chi connectivity index (χ0n) is 27.7. The number of ether oxygens (including phenoxy) is 1. The number of hydrogen-bond donors (Lipinski definition) is 2. The van der Waals surface area contributed by atoms with E-state index in [2.05, 4.69) is 37.3 Å². The van der Waals surface area contributed by atoms with E-state index in [4.69, 9.17) is 18.3 Å². The second-order valence-electron chi connectivity index (χ2n) is 10.1. The van der Waals surface area contributed by atoms with E-state index < -0.39 is 6.98 Å². The molecule has 0 fully saturated rings. The Bertz CT molecular complexity index is 1900. The molecule has 222 valence electrons. The number of nitrogens with zero attached hydrogens (tertiary/aromatic N) is 7. The predicted molar refractivity (Wildman–Crippen MR) is 169 cm³/mol. The number of methoxy groups -OCH3 is 1. The maximum absolute atomic E-state index is 12.4. The van der Waals surface area contributed by atoms with Gasteiger partial charge in [0.05, 0.1) is 35.4 Å². The van der Waals surface area contributed by atoms with E-state index in [1.54, 1.807) is 38.4 Å². The van der Waals surface area contributed by atoms with E-state index in [0.29, 0.717) is 57.3 Å². The minimum atomic E-state index is -2.44. The summed E-state index contributed by atoms with van der Waals surface area (Å²) in [5.74, 6) is 0.809. The number of likely N-dealkylation sites (N-methyl/N-ethyl adjacent to an activating group) is 2. The predicted octanol–water partition coefficient (Wildman–Crippen LogP) is 4.87. The van der Waals surface area contributed by atoms with Gasteiger partial charge < -0.3 is 34.2 Å². The lowest BCUT2D eigenvalue weighted by Crippen LogP contribution is -2.29. The first-order valence-corrected chi connectivity index (χ1v) is 13.5. The number of carbonyl (C=O) groups excluding carboxylic acids is 1. The molecule has 43 heavy (non-hydrogen) atoms. The molecule has 5 aromatic rings. The fraction of sp³-hybridized carbons (Fsp3) is 0.258. The number of para-hydroxylation sites is 1. The van der Waals surface area contributed by atoms with Gasteiger partial charge in [0.15, 0.2) is 0 Å². The molecule has 2 aromatic carbocycles. The van der Waals surface area contributed by atoms with Crippen LogP contribution in [0.5, 0.6) is 5.75 Å². The lowest BCUT2D eigenvalue weighted by atomic mass is 10.1. The molecule has 0 spiro atoms. The van der Waals surface area contributed by atoms with Crippen molar-refractivity contribution in [1.82, 2.24) is 29.6 Å². The molecule has 0 aliphatic heterocycles. The van der Waals surface area contributed by atoms with Crippen molar-refractivity contribution in [2.75, 3.05) is 56.9 Å². The molecule has 0 saturated heterocycles. The molecule has 3 heterocycles. The molecule has 0 unspecified atom stereocenters. The highest BCUT2D eigenvalue weighted by molar-refractivity contribution is 6.02. The Morgan fingerprint density at radius 2 is 1.98 bits per heavy atom. The third-order valence-corrected chi connectivity index (χ3v) is 6.81. The number of fused-ring (bicyclic) bond motifs is 1. The van der Waals surface area contributed by atoms with Crippen LogP contribution >= 0.6 is 0 Å². The lowest BCUT2D eigenvalue weighted by Gasteiger charge is -2.26. The van der Waals surface area contributed by atoms with Crippen LogP contribution in [-0.2, 0) is 11.8 Å². The van der Waals surface area contributed by atoms with E-state index in [9.17, 15) is 4.79 Å². The lowest BCUT2D eigenvalue weighted by molar-refractivity contribution is -0.111. The summed E-state index contributed by atoms with van der Waals surface area (Å²) in [6.45, 7) is 4.29. The SMILES string of the molecule is [2H]C([2H])([2H])n1cc(-c2nc(Nc3cc(NC(=O)C=C)c(N(C)CCN(C)C)cc3OC)ncc2-c2nnc(C)o2)c2ccccc21. The van der Waals surface area contributed by atoms with E-state index in [1.165, 1.54) is 16.8 Å². The summed E-state index contributed by atoms with van der Waals surface area (Å²) in [5, 5.41) is 14.9. The van der Waals surface area contributed by atoms with Gasteiger partial charge in [0.25, 0.3) is 5.89 Å². The maximum Gasteiger partial charge on any atom is 0.251 e. The third-order valence-electron chi connectivity index (χ3n) is 6.81. The molecule has 3 aromatic heterocycles. The number of aryl methyl sites for hydroxylation is 2. The second-order valence-corrected chi connectivity index (χ2v) is 10.1. The first-order valence-electron chi connectivity index (χ1n) is 15.0. The van der Waals surface area contributed by atoms with Crippen LogP contribution in [-0.4, -0.2) is 76.9 Å². The number of benzene rings is 2. The van der Waals surface area contributed by atoms with Gasteiger partial charge in [-0.25, -0.2) is 9.97 Å². The highest BCUT2D eigenvalue weighted by Crippen LogP contribution is 2.39. The Morgan fingerprint density at radius 1 is 1.16 bits per heavy atom. The van der Waals surface area contributed by atoms with Crippen LogP contribution in [0.2, 0.25) is 0 Å². The maximum atomic E-state index is 12.4. The van der Waals surface area contributed by atoms with Crippen LogP contribution in [0.3, 0.4) is 0 Å². The molecule has 0 saturated carbocycles. The Labute approximate surface area is 254 Å². The van der Waals surface area contributed by atoms with Crippen molar-refractivity contribution in [3.05, 3.63) is 67.3 Å². The van der Waals surface area contributed by atoms with Crippen LogP contribution in [0, 0.1) is 6.92 Å². The minimum Gasteiger partial charge on any atom is -0.494 e. The molecule has 1 amide bonds. The van der Waals surface area contributed by atoms with Crippen LogP contribution in [0.4, 0.5) is 23.0 Å². The smallest absolute Gasteiger partial charge is 0.251 e. The number of aromatic nitrogens is 5. The molecule has 0 bridgehead atoms. The zero-order chi connectivity index (χ0) is 33.2. The molecule has 0 aliphatic rings. The standard InChI is InChI=1S/C31H35N9O3/c1-8-28(41)33-23-15-24(27(42-7)16-26(23)39(5)14-13-38(3)4)34-31-32-17-21(30-37-36-19(2)43-30)29(35-31)22-18-40(6)25-12-10-9-11-20(22)25/h8-12,15-18H,1,13-14H2,2-7H3,(H,33,41)(H,32,34,35)/i6D3. The normalized spacial score (nSPS) is 12.5. The van der Waals surface area contributed by atoms with Crippen molar-refractivity contribution >= 4 is 39.8 Å². The first kappa shape index (κ1) is 25.5. The van der Waals surface area contributed by atoms with Crippen molar-refractivity contribution in [3.63, 3.8) is 0 Å². The molecule has 2 N–H and O–H groups in total. The van der Waals surface area contributed by atoms with Crippen molar-refractivity contribution in [3.8, 4) is 28.5 Å². The highest BCUT2D eigenvalue weighted by atomic mass is 16.5. The average molecular weight is 585 g/mol. The largest absolute Gasteiger partial charge is 0.494 e. The Balaban J connectivity index is 1.64. The van der Waals surface area contributed by atoms with Gasteiger partial charge in [-0.1, -0.05) is 24.8 Å². The molecule has 12 nitrogen and oxygen atoms in total. The van der Waals surface area contributed by atoms with Gasteiger partial charge in [-0.05, 0) is 32.3 Å². The summed E-state index contributed by atoms with van der Waals surface area (Å²) >= 11 is 0. The molecular weight excluding hydrogens is 546 g/mol. The first-order chi connectivity index (χ1) is 21.9. The molecule has 12 heteroatoms. The molecule has 0 aliphatic carbocycles. The summed E-state index contributed by atoms with van der Waals surface area (Å²) in [6.07, 6.45) is 4.28. The van der Waals surface area contributed by atoms with E-state index in [-0.39, 0.29) is 17.7 Å². The van der Waals surface area contributed by atoms with Gasteiger partial charge in [-0.2, -0.15) is 0 Å². The van der Waals surface area contributed by atoms with Crippen molar-refractivity contribution in [2.24, 2.45) is 6.98 Å². The van der Waals surface area contributed by atoms with Gasteiger partial charge >= 0.3 is 0 Å². The molecule has 0 radical (unpaired) electrons. The number of carbonyl (C=O) groups is 1. The number of rotatable bonds is 11. The quantitative estimate of drug-likeness (QED) is 0.208. The monoisotopic (exact) mass is 584 g/mol.